The van der Waals surface area contributed by atoms with Gasteiger partial charge in [-0.3, -0.25) is 4.31 Å². The highest BCUT2D eigenvalue weighted by Gasteiger charge is 2.15. The molecule has 0 unspecified atom stereocenters. The van der Waals surface area contributed by atoms with Gasteiger partial charge >= 0.3 is 0 Å². The molecule has 0 saturated heterocycles. The fourth-order valence-corrected chi connectivity index (χ4v) is 2.11. The molecule has 0 atom stereocenters. The van der Waals surface area contributed by atoms with E-state index in [2.05, 4.69) is 0 Å². The second-order valence-electron chi connectivity index (χ2n) is 3.50. The third-order valence-electron chi connectivity index (χ3n) is 2.37. The fraction of sp³-hybridized carbons (Fsp3) is 0.455. The minimum Gasteiger partial charge on any atom is -0.492 e. The van der Waals surface area contributed by atoms with Crippen LogP contribution in [0.15, 0.2) is 24.3 Å². The lowest BCUT2D eigenvalue weighted by atomic mass is 10.3. The van der Waals surface area contributed by atoms with Gasteiger partial charge in [0.25, 0.3) is 0 Å². The van der Waals surface area contributed by atoms with Gasteiger partial charge in [0.05, 0.1) is 11.4 Å². The van der Waals surface area contributed by atoms with E-state index in [0.29, 0.717) is 24.6 Å². The maximum absolute atomic E-state index is 11.6. The van der Waals surface area contributed by atoms with Crippen LogP contribution in [-0.4, -0.2) is 34.4 Å². The minimum atomic E-state index is -3.21. The first kappa shape index (κ1) is 13.8. The zero-order valence-corrected chi connectivity index (χ0v) is 10.9. The summed E-state index contributed by atoms with van der Waals surface area (Å²) in [7, 11) is -1.67. The molecule has 0 amide bonds. The summed E-state index contributed by atoms with van der Waals surface area (Å²) in [5.74, 6) is 0.760. The summed E-state index contributed by atoms with van der Waals surface area (Å²) in [5.41, 5.74) is 5.93. The number of sulfonamides is 1. The largest absolute Gasteiger partial charge is 0.492 e. The molecule has 0 aliphatic carbocycles. The molecular formula is C11H18N2O3S. The van der Waals surface area contributed by atoms with Crippen molar-refractivity contribution in [2.24, 2.45) is 5.73 Å². The first-order chi connectivity index (χ1) is 8.01. The predicted molar refractivity (Wildman–Crippen MR) is 68.9 cm³/mol. The Balaban J connectivity index is 2.80. The molecule has 5 nitrogen and oxygen atoms in total. The minimum absolute atomic E-state index is 0.0783. The number of benzene rings is 1. The number of anilines is 1. The number of ether oxygens (including phenoxy) is 1. The smallest absolute Gasteiger partial charge is 0.234 e. The highest BCUT2D eigenvalue weighted by Crippen LogP contribution is 2.20. The van der Waals surface area contributed by atoms with Crippen LogP contribution in [0.25, 0.3) is 0 Å². The van der Waals surface area contributed by atoms with E-state index in [-0.39, 0.29) is 5.75 Å². The molecule has 0 aromatic heterocycles. The van der Waals surface area contributed by atoms with Gasteiger partial charge in [-0.1, -0.05) is 0 Å². The standard InChI is InChI=1S/C11H18N2O3S/c1-3-17(14,15)13(2)10-4-6-11(7-5-10)16-9-8-12/h4-7H,3,8-9,12H2,1-2H3. The van der Waals surface area contributed by atoms with Crippen LogP contribution in [-0.2, 0) is 10.0 Å². The van der Waals surface area contributed by atoms with Gasteiger partial charge in [0.1, 0.15) is 12.4 Å². The van der Waals surface area contributed by atoms with Gasteiger partial charge in [0.15, 0.2) is 0 Å². The summed E-state index contributed by atoms with van der Waals surface area (Å²) in [6, 6.07) is 6.87. The summed E-state index contributed by atoms with van der Waals surface area (Å²) in [6.45, 7) is 2.51. The van der Waals surface area contributed by atoms with Crippen LogP contribution in [0.1, 0.15) is 6.92 Å². The topological polar surface area (TPSA) is 72.6 Å². The lowest BCUT2D eigenvalue weighted by Crippen LogP contribution is -2.27. The summed E-state index contributed by atoms with van der Waals surface area (Å²) in [6.07, 6.45) is 0. The molecule has 0 bridgehead atoms. The zero-order chi connectivity index (χ0) is 12.9. The number of rotatable bonds is 6. The number of nitrogens with two attached hydrogens (primary N) is 1. The van der Waals surface area contributed by atoms with E-state index < -0.39 is 10.0 Å². The molecule has 2 N–H and O–H groups in total. The maximum atomic E-state index is 11.6. The van der Waals surface area contributed by atoms with Crippen molar-refractivity contribution in [2.75, 3.05) is 30.3 Å². The quantitative estimate of drug-likeness (QED) is 0.819. The van der Waals surface area contributed by atoms with Crippen molar-refractivity contribution in [3.8, 4) is 5.75 Å². The van der Waals surface area contributed by atoms with Crippen molar-refractivity contribution >= 4 is 15.7 Å². The Bertz CT molecular complexity index is 442. The van der Waals surface area contributed by atoms with E-state index in [4.69, 9.17) is 10.5 Å². The molecule has 96 valence electrons. The predicted octanol–water partition coefficient (Wildman–Crippen LogP) is 0.810. The molecule has 0 fully saturated rings. The van der Waals surface area contributed by atoms with Gasteiger partial charge < -0.3 is 10.5 Å². The second kappa shape index (κ2) is 5.88. The fourth-order valence-electron chi connectivity index (χ4n) is 1.28. The van der Waals surface area contributed by atoms with E-state index >= 15 is 0 Å². The van der Waals surface area contributed by atoms with E-state index in [0.717, 1.165) is 0 Å². The zero-order valence-electron chi connectivity index (χ0n) is 10.1. The Morgan fingerprint density at radius 1 is 1.29 bits per heavy atom. The van der Waals surface area contributed by atoms with Gasteiger partial charge in [-0.2, -0.15) is 0 Å². The van der Waals surface area contributed by atoms with Gasteiger partial charge in [-0.05, 0) is 31.2 Å². The van der Waals surface area contributed by atoms with Crippen molar-refractivity contribution in [3.63, 3.8) is 0 Å². The van der Waals surface area contributed by atoms with Crippen LogP contribution in [0.3, 0.4) is 0 Å². The van der Waals surface area contributed by atoms with Crippen molar-refractivity contribution in [2.45, 2.75) is 6.92 Å². The van der Waals surface area contributed by atoms with Crippen molar-refractivity contribution in [1.29, 1.82) is 0 Å². The molecule has 1 rings (SSSR count). The normalized spacial score (nSPS) is 11.2. The summed E-state index contributed by atoms with van der Waals surface area (Å²) >= 11 is 0. The second-order valence-corrected chi connectivity index (χ2v) is 5.79. The third-order valence-corrected chi connectivity index (χ3v) is 4.14. The lowest BCUT2D eigenvalue weighted by Gasteiger charge is -2.18. The Morgan fingerprint density at radius 3 is 2.35 bits per heavy atom. The number of hydrogen-bond acceptors (Lipinski definition) is 4. The highest BCUT2D eigenvalue weighted by atomic mass is 32.2. The molecule has 0 saturated carbocycles. The number of nitrogens with zero attached hydrogens (tertiary/aromatic N) is 1. The van der Waals surface area contributed by atoms with E-state index in [1.165, 1.54) is 11.4 Å². The van der Waals surface area contributed by atoms with Crippen molar-refractivity contribution < 1.29 is 13.2 Å². The van der Waals surface area contributed by atoms with Crippen molar-refractivity contribution in [3.05, 3.63) is 24.3 Å². The maximum Gasteiger partial charge on any atom is 0.234 e. The monoisotopic (exact) mass is 258 g/mol. The van der Waals surface area contributed by atoms with Crippen molar-refractivity contribution in [1.82, 2.24) is 0 Å². The summed E-state index contributed by atoms with van der Waals surface area (Å²) < 4.78 is 29.8. The SMILES string of the molecule is CCS(=O)(=O)N(C)c1ccc(OCCN)cc1. The Hall–Kier alpha value is -1.27. The van der Waals surface area contributed by atoms with Gasteiger partial charge in [-0.25, -0.2) is 8.42 Å². The first-order valence-electron chi connectivity index (χ1n) is 5.40. The molecule has 1 aromatic carbocycles. The van der Waals surface area contributed by atoms with E-state index in [1.807, 2.05) is 0 Å². The molecule has 0 radical (unpaired) electrons. The molecular weight excluding hydrogens is 240 g/mol. The molecule has 0 aliphatic rings. The van der Waals surface area contributed by atoms with Crippen LogP contribution in [0, 0.1) is 0 Å². The Labute approximate surface area is 102 Å². The lowest BCUT2D eigenvalue weighted by molar-refractivity contribution is 0.328. The Kier molecular flexibility index (Phi) is 4.77. The molecule has 0 heterocycles. The highest BCUT2D eigenvalue weighted by molar-refractivity contribution is 7.92. The first-order valence-corrected chi connectivity index (χ1v) is 7.01. The van der Waals surface area contributed by atoms with E-state index in [1.54, 1.807) is 31.2 Å². The van der Waals surface area contributed by atoms with Crippen LogP contribution < -0.4 is 14.8 Å². The average Bonchev–Trinajstić information content (AvgIpc) is 2.36. The van der Waals surface area contributed by atoms with Crippen LogP contribution in [0.5, 0.6) is 5.75 Å². The Morgan fingerprint density at radius 2 is 1.88 bits per heavy atom. The summed E-state index contributed by atoms with van der Waals surface area (Å²) in [5, 5.41) is 0. The third kappa shape index (κ3) is 3.61. The molecule has 17 heavy (non-hydrogen) atoms. The number of hydrogen-bond donors (Lipinski definition) is 1. The van der Waals surface area contributed by atoms with Crippen LogP contribution >= 0.6 is 0 Å². The summed E-state index contributed by atoms with van der Waals surface area (Å²) in [4.78, 5) is 0. The van der Waals surface area contributed by atoms with Gasteiger partial charge in [0, 0.05) is 13.6 Å². The molecule has 6 heteroatoms. The molecule has 0 aliphatic heterocycles. The average molecular weight is 258 g/mol. The molecule has 1 aromatic rings. The van der Waals surface area contributed by atoms with Crippen LogP contribution in [0.4, 0.5) is 5.69 Å². The van der Waals surface area contributed by atoms with E-state index in [9.17, 15) is 8.42 Å². The molecule has 0 spiro atoms. The van der Waals surface area contributed by atoms with Crippen LogP contribution in [0.2, 0.25) is 0 Å². The van der Waals surface area contributed by atoms with Gasteiger partial charge in [0.2, 0.25) is 10.0 Å². The van der Waals surface area contributed by atoms with Gasteiger partial charge in [-0.15, -0.1) is 0 Å².